The number of nitrogens with zero attached hydrogens (tertiary/aromatic N) is 1. The van der Waals surface area contributed by atoms with Crippen LogP contribution in [0.5, 0.6) is 0 Å². The molecule has 0 amide bonds. The Morgan fingerprint density at radius 3 is 2.05 bits per heavy atom. The summed E-state index contributed by atoms with van der Waals surface area (Å²) in [5.74, 6) is 0.887. The molecule has 1 aliphatic carbocycles. The number of hydrogen-bond acceptors (Lipinski definition) is 4. The lowest BCUT2D eigenvalue weighted by atomic mass is 9.82. The summed E-state index contributed by atoms with van der Waals surface area (Å²) in [4.78, 5) is 5.38. The van der Waals surface area contributed by atoms with Gasteiger partial charge in [-0.25, -0.2) is 4.99 Å². The van der Waals surface area contributed by atoms with Crippen molar-refractivity contribution < 1.29 is 0 Å². The van der Waals surface area contributed by atoms with Gasteiger partial charge in [-0.3, -0.25) is 0 Å². The molecular weight excluding hydrogens is 747 g/mol. The van der Waals surface area contributed by atoms with E-state index in [0.29, 0.717) is 0 Å². The highest BCUT2D eigenvalue weighted by Crippen LogP contribution is 2.51. The molecule has 0 saturated heterocycles. The lowest BCUT2D eigenvalue weighted by Crippen LogP contribution is -2.31. The van der Waals surface area contributed by atoms with Crippen LogP contribution < -0.4 is 10.6 Å². The van der Waals surface area contributed by atoms with Gasteiger partial charge in [0.05, 0.1) is 17.8 Å². The lowest BCUT2D eigenvalue weighted by Gasteiger charge is -2.30. The molecule has 60 heavy (non-hydrogen) atoms. The van der Waals surface area contributed by atoms with Crippen molar-refractivity contribution in [3.8, 4) is 33.4 Å². The summed E-state index contributed by atoms with van der Waals surface area (Å²) in [6.07, 6.45) is 2.28. The van der Waals surface area contributed by atoms with Crippen LogP contribution in [0.2, 0.25) is 0 Å². The van der Waals surface area contributed by atoms with Gasteiger partial charge in [-0.05, 0) is 80.4 Å². The Morgan fingerprint density at radius 2 is 1.20 bits per heavy atom. The van der Waals surface area contributed by atoms with Crippen LogP contribution in [0.1, 0.15) is 64.9 Å². The van der Waals surface area contributed by atoms with Gasteiger partial charge >= 0.3 is 0 Å². The minimum Gasteiger partial charge on any atom is -0.374 e. The molecule has 0 bridgehead atoms. The molecule has 4 heteroatoms. The van der Waals surface area contributed by atoms with Gasteiger partial charge in [0.1, 0.15) is 5.84 Å². The van der Waals surface area contributed by atoms with Gasteiger partial charge in [0.25, 0.3) is 0 Å². The molecule has 2 aliphatic heterocycles. The molecule has 12 rings (SSSR count). The molecule has 2 atom stereocenters. The zero-order valence-electron chi connectivity index (χ0n) is 33.4. The average molecular weight is 788 g/mol. The number of fused-ring (bicyclic) bond motifs is 10. The summed E-state index contributed by atoms with van der Waals surface area (Å²) in [6, 6.07) is 66.6. The minimum absolute atomic E-state index is 0.0306. The Labute approximate surface area is 354 Å². The fourth-order valence-electron chi connectivity index (χ4n) is 9.93. The van der Waals surface area contributed by atoms with Crippen molar-refractivity contribution in [1.29, 1.82) is 0 Å². The Kier molecular flexibility index (Phi) is 7.88. The number of hydrogen-bond donors (Lipinski definition) is 2. The van der Waals surface area contributed by atoms with Crippen LogP contribution in [-0.4, -0.2) is 5.84 Å². The number of thiophene rings is 1. The summed E-state index contributed by atoms with van der Waals surface area (Å²) in [6.45, 7) is 4.66. The number of aliphatic imine (C=N–C) groups is 1. The predicted octanol–water partition coefficient (Wildman–Crippen LogP) is 14.3. The molecule has 3 nitrogen and oxygen atoms in total. The van der Waals surface area contributed by atoms with E-state index in [4.69, 9.17) is 4.99 Å². The van der Waals surface area contributed by atoms with Gasteiger partial charge in [0.15, 0.2) is 0 Å². The van der Waals surface area contributed by atoms with Crippen LogP contribution in [0.25, 0.3) is 59.3 Å². The molecule has 3 aliphatic rings. The minimum atomic E-state index is -0.0447. The SMILES string of the molecule is CC1(C)c2ccccc2-c2cc(C3=NC(c4cccc(-c5ccc6c(c5)sc5c7c(ccc56)C(c5ccccc5)Nc5ccccc5-7)c4)=CC(c4ccccc4)N3)ccc21. The number of para-hydroxylation sites is 1. The van der Waals surface area contributed by atoms with Crippen LogP contribution >= 0.6 is 11.3 Å². The van der Waals surface area contributed by atoms with E-state index in [1.807, 2.05) is 11.3 Å². The summed E-state index contributed by atoms with van der Waals surface area (Å²) in [5, 5.41) is 10.3. The first-order valence-corrected chi connectivity index (χ1v) is 21.7. The standard InChI is InChI=1S/C56H41N3S/c1-56(2)46-22-11-9-20-40(46)45-31-39(25-29-47(45)56)55-58-49(34-14-5-3-6-15-34)33-50(59-55)38-19-13-18-36(30-38)37-24-26-41-42-27-28-44-52(54(42)60-51(41)32-37)43-21-10-12-23-48(43)57-53(44)35-16-7-4-8-17-35/h3-33,49,53,57H,1-2H3,(H,58,59). The summed E-state index contributed by atoms with van der Waals surface area (Å²) in [5.41, 5.74) is 18.4. The molecule has 0 saturated carbocycles. The number of rotatable bonds is 5. The van der Waals surface area contributed by atoms with Crippen molar-refractivity contribution in [3.05, 3.63) is 227 Å². The molecule has 3 heterocycles. The Morgan fingerprint density at radius 1 is 0.517 bits per heavy atom. The number of benzene rings is 8. The molecular formula is C56H41N3S. The molecule has 0 radical (unpaired) electrons. The lowest BCUT2D eigenvalue weighted by molar-refractivity contribution is 0.660. The van der Waals surface area contributed by atoms with Crippen LogP contribution in [0, 0.1) is 0 Å². The smallest absolute Gasteiger partial charge is 0.134 e. The number of nitrogens with one attached hydrogen (secondary N) is 2. The third-order valence-corrected chi connectivity index (χ3v) is 14.2. The Balaban J connectivity index is 0.947. The molecule has 8 aromatic carbocycles. The van der Waals surface area contributed by atoms with E-state index in [1.165, 1.54) is 87.1 Å². The van der Waals surface area contributed by atoms with E-state index in [9.17, 15) is 0 Å². The molecule has 0 fully saturated rings. The average Bonchev–Trinajstić information content (AvgIpc) is 3.80. The maximum Gasteiger partial charge on any atom is 0.134 e. The van der Waals surface area contributed by atoms with Crippen molar-refractivity contribution in [2.75, 3.05) is 5.32 Å². The fourth-order valence-corrected chi connectivity index (χ4v) is 11.2. The molecule has 2 unspecified atom stereocenters. The largest absolute Gasteiger partial charge is 0.374 e. The second kappa shape index (κ2) is 13.5. The maximum atomic E-state index is 5.38. The third kappa shape index (κ3) is 5.52. The number of anilines is 1. The van der Waals surface area contributed by atoms with E-state index in [1.54, 1.807) is 0 Å². The highest BCUT2D eigenvalue weighted by Gasteiger charge is 2.36. The fraction of sp³-hybridized carbons (Fsp3) is 0.0893. The molecule has 9 aromatic rings. The highest BCUT2D eigenvalue weighted by atomic mass is 32.1. The maximum absolute atomic E-state index is 5.38. The zero-order chi connectivity index (χ0) is 40.0. The quantitative estimate of drug-likeness (QED) is 0.182. The second-order valence-corrected chi connectivity index (χ2v) is 17.9. The van der Waals surface area contributed by atoms with E-state index >= 15 is 0 Å². The molecule has 286 valence electrons. The van der Waals surface area contributed by atoms with Crippen molar-refractivity contribution in [2.45, 2.75) is 31.3 Å². The first-order chi connectivity index (χ1) is 29.5. The zero-order valence-corrected chi connectivity index (χ0v) is 34.2. The highest BCUT2D eigenvalue weighted by molar-refractivity contribution is 7.26. The van der Waals surface area contributed by atoms with E-state index in [2.05, 4.69) is 213 Å². The van der Waals surface area contributed by atoms with Gasteiger partial charge < -0.3 is 10.6 Å². The topological polar surface area (TPSA) is 36.4 Å². The monoisotopic (exact) mass is 787 g/mol. The molecule has 0 spiro atoms. The van der Waals surface area contributed by atoms with E-state index < -0.39 is 0 Å². The van der Waals surface area contributed by atoms with E-state index in [-0.39, 0.29) is 17.5 Å². The summed E-state index contributed by atoms with van der Waals surface area (Å²) in [7, 11) is 0. The Hall–Kier alpha value is -7.01. The van der Waals surface area contributed by atoms with Crippen molar-refractivity contribution >= 4 is 48.7 Å². The van der Waals surface area contributed by atoms with Crippen molar-refractivity contribution in [1.82, 2.24) is 5.32 Å². The van der Waals surface area contributed by atoms with Gasteiger partial charge in [0, 0.05) is 53.5 Å². The summed E-state index contributed by atoms with van der Waals surface area (Å²) < 4.78 is 2.64. The van der Waals surface area contributed by atoms with Crippen LogP contribution in [0.3, 0.4) is 0 Å². The predicted molar refractivity (Wildman–Crippen MR) is 253 cm³/mol. The first kappa shape index (κ1) is 35.0. The number of amidine groups is 1. The third-order valence-electron chi connectivity index (χ3n) is 13.0. The van der Waals surface area contributed by atoms with Crippen LogP contribution in [0.15, 0.2) is 193 Å². The summed E-state index contributed by atoms with van der Waals surface area (Å²) >= 11 is 1.91. The first-order valence-electron chi connectivity index (χ1n) is 20.9. The van der Waals surface area contributed by atoms with Gasteiger partial charge in [-0.2, -0.15) is 0 Å². The van der Waals surface area contributed by atoms with Crippen LogP contribution in [-0.2, 0) is 5.41 Å². The second-order valence-electron chi connectivity index (χ2n) is 16.8. The van der Waals surface area contributed by atoms with Gasteiger partial charge in [-0.1, -0.05) is 172 Å². The van der Waals surface area contributed by atoms with E-state index in [0.717, 1.165) is 22.7 Å². The van der Waals surface area contributed by atoms with Crippen molar-refractivity contribution in [2.24, 2.45) is 4.99 Å². The van der Waals surface area contributed by atoms with Gasteiger partial charge in [-0.15, -0.1) is 11.3 Å². The Bertz CT molecular complexity index is 3240. The molecule has 2 N–H and O–H groups in total. The molecule has 1 aromatic heterocycles. The van der Waals surface area contributed by atoms with Gasteiger partial charge in [0.2, 0.25) is 0 Å². The van der Waals surface area contributed by atoms with Crippen LogP contribution in [0.4, 0.5) is 5.69 Å². The van der Waals surface area contributed by atoms with Crippen molar-refractivity contribution in [3.63, 3.8) is 0 Å². The normalized spacial score (nSPS) is 17.1.